The zero-order valence-corrected chi connectivity index (χ0v) is 11.1. The van der Waals surface area contributed by atoms with Gasteiger partial charge in [0.2, 0.25) is 5.91 Å². The first-order valence-electron chi connectivity index (χ1n) is 6.09. The predicted octanol–water partition coefficient (Wildman–Crippen LogP) is 0.274. The van der Waals surface area contributed by atoms with Crippen LogP contribution in [0.5, 0.6) is 0 Å². The highest BCUT2D eigenvalue weighted by atomic mass is 16.5. The van der Waals surface area contributed by atoms with E-state index in [-0.39, 0.29) is 24.6 Å². The molecule has 0 aromatic carbocycles. The second-order valence-corrected chi connectivity index (χ2v) is 4.84. The van der Waals surface area contributed by atoms with E-state index in [1.807, 2.05) is 18.7 Å². The molecule has 1 aliphatic rings. The molecule has 1 amide bonds. The summed E-state index contributed by atoms with van der Waals surface area (Å²) in [7, 11) is 1.69. The fraction of sp³-hybridized carbons (Fsp3) is 0.667. The number of primary amides is 1. The molecule has 2 rings (SSSR count). The van der Waals surface area contributed by atoms with Gasteiger partial charge in [0.25, 0.3) is 0 Å². The molecule has 1 aromatic heterocycles. The Hall–Kier alpha value is -1.40. The molecule has 0 saturated carbocycles. The van der Waals surface area contributed by atoms with E-state index in [0.717, 1.165) is 23.6 Å². The Morgan fingerprint density at radius 2 is 2.33 bits per heavy atom. The van der Waals surface area contributed by atoms with E-state index in [9.17, 15) is 4.79 Å². The van der Waals surface area contributed by atoms with E-state index in [1.165, 1.54) is 0 Å². The number of nitrogens with two attached hydrogens (primary N) is 1. The van der Waals surface area contributed by atoms with Crippen molar-refractivity contribution in [2.45, 2.75) is 32.4 Å². The molecule has 2 heterocycles. The lowest BCUT2D eigenvalue weighted by molar-refractivity contribution is -0.119. The molecule has 3 N–H and O–H groups in total. The summed E-state index contributed by atoms with van der Waals surface area (Å²) < 4.78 is 5.38. The Labute approximate surface area is 107 Å². The van der Waals surface area contributed by atoms with Crippen molar-refractivity contribution in [1.29, 1.82) is 0 Å². The van der Waals surface area contributed by atoms with Gasteiger partial charge in [0.1, 0.15) is 5.82 Å². The van der Waals surface area contributed by atoms with Gasteiger partial charge in [-0.05, 0) is 20.3 Å². The van der Waals surface area contributed by atoms with Gasteiger partial charge in [-0.25, -0.2) is 4.98 Å². The van der Waals surface area contributed by atoms with Crippen LogP contribution >= 0.6 is 0 Å². The number of methoxy groups -OCH3 is 1. The monoisotopic (exact) mass is 252 g/mol. The average Bonchev–Trinajstić information content (AvgIpc) is 2.83. The van der Waals surface area contributed by atoms with Crippen molar-refractivity contribution in [3.8, 4) is 0 Å². The van der Waals surface area contributed by atoms with E-state index >= 15 is 0 Å². The highest BCUT2D eigenvalue weighted by Gasteiger charge is 2.35. The minimum atomic E-state index is -0.322. The van der Waals surface area contributed by atoms with Gasteiger partial charge in [-0.1, -0.05) is 0 Å². The topological polar surface area (TPSA) is 84.2 Å². The quantitative estimate of drug-likeness (QED) is 0.805. The Balaban J connectivity index is 2.20. The average molecular weight is 252 g/mol. The first kappa shape index (κ1) is 13.0. The first-order valence-corrected chi connectivity index (χ1v) is 6.09. The van der Waals surface area contributed by atoms with Crippen molar-refractivity contribution < 1.29 is 9.53 Å². The first-order chi connectivity index (χ1) is 8.51. The lowest BCUT2D eigenvalue weighted by Gasteiger charge is -2.20. The molecule has 0 spiro atoms. The second kappa shape index (κ2) is 5.07. The summed E-state index contributed by atoms with van der Waals surface area (Å²) in [4.78, 5) is 20.9. The van der Waals surface area contributed by atoms with Crippen LogP contribution in [0.1, 0.15) is 29.7 Å². The van der Waals surface area contributed by atoms with Crippen molar-refractivity contribution in [3.05, 3.63) is 17.2 Å². The molecule has 18 heavy (non-hydrogen) atoms. The molecule has 2 atom stereocenters. The Bertz CT molecular complexity index is 424. The van der Waals surface area contributed by atoms with Crippen LogP contribution in [0, 0.1) is 13.8 Å². The molecule has 0 bridgehead atoms. The molecule has 1 saturated heterocycles. The van der Waals surface area contributed by atoms with Crippen molar-refractivity contribution in [3.63, 3.8) is 0 Å². The van der Waals surface area contributed by atoms with Crippen LogP contribution in [-0.2, 0) is 9.53 Å². The van der Waals surface area contributed by atoms with Gasteiger partial charge in [0.15, 0.2) is 0 Å². The fourth-order valence-electron chi connectivity index (χ4n) is 2.42. The maximum atomic E-state index is 11.1. The number of carbonyl (C=O) groups excluding carboxylic acids is 1. The summed E-state index contributed by atoms with van der Waals surface area (Å²) in [5.41, 5.74) is 7.33. The number of aryl methyl sites for hydroxylation is 2. The smallest absolute Gasteiger partial charge is 0.231 e. The number of hydrogen-bond donors (Lipinski definition) is 2. The molecule has 1 aromatic rings. The van der Waals surface area contributed by atoms with Gasteiger partial charge >= 0.3 is 0 Å². The van der Waals surface area contributed by atoms with Crippen molar-refractivity contribution in [2.24, 2.45) is 5.73 Å². The van der Waals surface area contributed by atoms with Crippen molar-refractivity contribution in [2.75, 3.05) is 20.2 Å². The summed E-state index contributed by atoms with van der Waals surface area (Å²) in [6, 6.07) is 0.0786. The lowest BCUT2D eigenvalue weighted by Crippen LogP contribution is -2.34. The van der Waals surface area contributed by atoms with E-state index in [0.29, 0.717) is 6.54 Å². The third-order valence-corrected chi connectivity index (χ3v) is 3.52. The summed E-state index contributed by atoms with van der Waals surface area (Å²) in [6.07, 6.45) is 0.955. The van der Waals surface area contributed by atoms with Crippen LogP contribution < -0.4 is 5.73 Å². The third kappa shape index (κ3) is 2.54. The number of nitrogens with zero attached hydrogens (tertiary/aromatic N) is 2. The summed E-state index contributed by atoms with van der Waals surface area (Å²) in [5.74, 6) is 0.572. The molecular formula is C12H20N4O2. The normalized spacial score (nSPS) is 24.6. The van der Waals surface area contributed by atoms with E-state index in [4.69, 9.17) is 10.5 Å². The molecular weight excluding hydrogens is 232 g/mol. The molecule has 1 fully saturated rings. The highest BCUT2D eigenvalue weighted by Crippen LogP contribution is 2.31. The molecule has 6 heteroatoms. The Morgan fingerprint density at radius 3 is 2.83 bits per heavy atom. The minimum absolute atomic E-state index is 0.0786. The zero-order chi connectivity index (χ0) is 13.3. The van der Waals surface area contributed by atoms with Crippen LogP contribution in [0.15, 0.2) is 0 Å². The van der Waals surface area contributed by atoms with Crippen LogP contribution in [-0.4, -0.2) is 47.1 Å². The van der Waals surface area contributed by atoms with Gasteiger partial charge in [-0.2, -0.15) is 0 Å². The molecule has 6 nitrogen and oxygen atoms in total. The standard InChI is InChI=1S/C12H20N4O2/c1-7-8(2)15-12(14-7)10-4-9(18-3)5-16(10)6-11(13)17/h9-10H,4-6H2,1-3H3,(H2,13,17)(H,14,15)/t9-,10+/m1/s1. The second-order valence-electron chi connectivity index (χ2n) is 4.84. The van der Waals surface area contributed by atoms with Gasteiger partial charge in [0.05, 0.1) is 24.4 Å². The van der Waals surface area contributed by atoms with E-state index in [2.05, 4.69) is 9.97 Å². The number of aromatic nitrogens is 2. The molecule has 100 valence electrons. The number of aromatic amines is 1. The summed E-state index contributed by atoms with van der Waals surface area (Å²) in [5, 5.41) is 0. The number of amides is 1. The number of hydrogen-bond acceptors (Lipinski definition) is 4. The van der Waals surface area contributed by atoms with Gasteiger partial charge < -0.3 is 15.5 Å². The number of ether oxygens (including phenoxy) is 1. The molecule has 0 unspecified atom stereocenters. The molecule has 0 aliphatic carbocycles. The Morgan fingerprint density at radius 1 is 1.61 bits per heavy atom. The van der Waals surface area contributed by atoms with Crippen LogP contribution in [0.3, 0.4) is 0 Å². The van der Waals surface area contributed by atoms with Crippen LogP contribution in [0.4, 0.5) is 0 Å². The van der Waals surface area contributed by atoms with Crippen molar-refractivity contribution >= 4 is 5.91 Å². The SMILES string of the molecule is CO[C@@H]1C[C@@H](c2nc(C)c(C)[nH]2)N(CC(N)=O)C1. The Kier molecular flexibility index (Phi) is 3.68. The summed E-state index contributed by atoms with van der Waals surface area (Å²) >= 11 is 0. The van der Waals surface area contributed by atoms with Gasteiger partial charge in [-0.3, -0.25) is 9.69 Å². The van der Waals surface area contributed by atoms with E-state index < -0.39 is 0 Å². The third-order valence-electron chi connectivity index (χ3n) is 3.52. The number of carbonyl (C=O) groups is 1. The van der Waals surface area contributed by atoms with Gasteiger partial charge in [0, 0.05) is 19.3 Å². The van der Waals surface area contributed by atoms with Crippen LogP contribution in [0.2, 0.25) is 0 Å². The number of H-pyrrole nitrogens is 1. The predicted molar refractivity (Wildman–Crippen MR) is 67.0 cm³/mol. The molecule has 0 radical (unpaired) electrons. The highest BCUT2D eigenvalue weighted by molar-refractivity contribution is 5.76. The maximum absolute atomic E-state index is 11.1. The number of nitrogens with one attached hydrogen (secondary N) is 1. The zero-order valence-electron chi connectivity index (χ0n) is 11.1. The van der Waals surface area contributed by atoms with Crippen molar-refractivity contribution in [1.82, 2.24) is 14.9 Å². The molecule has 1 aliphatic heterocycles. The maximum Gasteiger partial charge on any atom is 0.231 e. The number of imidazole rings is 1. The number of likely N-dealkylation sites (tertiary alicyclic amines) is 1. The largest absolute Gasteiger partial charge is 0.380 e. The fourth-order valence-corrected chi connectivity index (χ4v) is 2.42. The number of rotatable bonds is 4. The lowest BCUT2D eigenvalue weighted by atomic mass is 10.2. The summed E-state index contributed by atoms with van der Waals surface area (Å²) in [6.45, 7) is 4.91. The van der Waals surface area contributed by atoms with Crippen LogP contribution in [0.25, 0.3) is 0 Å². The van der Waals surface area contributed by atoms with E-state index in [1.54, 1.807) is 7.11 Å². The minimum Gasteiger partial charge on any atom is -0.380 e. The van der Waals surface area contributed by atoms with Gasteiger partial charge in [-0.15, -0.1) is 0 Å².